The molecule has 37 heavy (non-hydrogen) atoms. The summed E-state index contributed by atoms with van der Waals surface area (Å²) in [5.41, 5.74) is 12.9. The number of aromatic nitrogens is 7. The maximum Gasteiger partial charge on any atom is 0.274 e. The molecule has 6 rings (SSSR count). The number of nitrogens with one attached hydrogen (secondary N) is 2. The van der Waals surface area contributed by atoms with Crippen LogP contribution in [0.4, 0.5) is 5.82 Å². The standard InChI is InChI=1S/C27H27N9O/c1-36-13-11-21(35-36)24-23(17-9-10-19-16(14-17)6-5-12-29-19)31-25(26(28)32-24)27(37)30-15-22-18-7-3-2-4-8-20(18)33-34-22/h5-6,9-14H,2-4,7-8,15H2,1H3,(H2,28,32)(H,30,37)(H,33,34). The minimum absolute atomic E-state index is 0.0465. The van der Waals surface area contributed by atoms with Crippen molar-refractivity contribution in [3.8, 4) is 22.6 Å². The first kappa shape index (κ1) is 22.8. The molecular weight excluding hydrogens is 466 g/mol. The summed E-state index contributed by atoms with van der Waals surface area (Å²) >= 11 is 0. The Morgan fingerprint density at radius 1 is 1.11 bits per heavy atom. The largest absolute Gasteiger partial charge is 0.382 e. The van der Waals surface area contributed by atoms with Gasteiger partial charge in [-0.3, -0.25) is 19.6 Å². The van der Waals surface area contributed by atoms with Crippen LogP contribution >= 0.6 is 0 Å². The number of benzene rings is 1. The second-order valence-electron chi connectivity index (χ2n) is 9.31. The van der Waals surface area contributed by atoms with Crippen molar-refractivity contribution >= 4 is 22.6 Å². The van der Waals surface area contributed by atoms with Gasteiger partial charge < -0.3 is 11.1 Å². The molecule has 186 valence electrons. The number of rotatable bonds is 5. The van der Waals surface area contributed by atoms with E-state index in [0.717, 1.165) is 47.8 Å². The first-order chi connectivity index (χ1) is 18.1. The van der Waals surface area contributed by atoms with Gasteiger partial charge in [0, 0.05) is 36.1 Å². The minimum atomic E-state index is -0.397. The Balaban J connectivity index is 1.36. The first-order valence-electron chi connectivity index (χ1n) is 12.4. The topological polar surface area (TPSA) is 140 Å². The van der Waals surface area contributed by atoms with Crippen LogP contribution in [0, 0.1) is 0 Å². The Hall–Kier alpha value is -4.60. The zero-order chi connectivity index (χ0) is 25.4. The van der Waals surface area contributed by atoms with Crippen molar-refractivity contribution in [3.63, 3.8) is 0 Å². The second kappa shape index (κ2) is 9.45. The van der Waals surface area contributed by atoms with Crippen molar-refractivity contribution in [3.05, 3.63) is 71.4 Å². The average Bonchev–Trinajstić information content (AvgIpc) is 3.44. The van der Waals surface area contributed by atoms with Crippen molar-refractivity contribution in [2.75, 3.05) is 5.73 Å². The zero-order valence-corrected chi connectivity index (χ0v) is 20.5. The quantitative estimate of drug-likeness (QED) is 0.318. The van der Waals surface area contributed by atoms with Gasteiger partial charge in [-0.1, -0.05) is 18.6 Å². The molecule has 5 aromatic rings. The second-order valence-corrected chi connectivity index (χ2v) is 9.31. The van der Waals surface area contributed by atoms with Crippen LogP contribution in [-0.4, -0.2) is 40.8 Å². The molecule has 4 N–H and O–H groups in total. The summed E-state index contributed by atoms with van der Waals surface area (Å²) in [6.07, 6.45) is 9.04. The number of nitrogens with two attached hydrogens (primary N) is 1. The minimum Gasteiger partial charge on any atom is -0.382 e. The number of hydrogen-bond donors (Lipinski definition) is 3. The summed E-state index contributed by atoms with van der Waals surface area (Å²) in [6, 6.07) is 11.5. The van der Waals surface area contributed by atoms with E-state index in [2.05, 4.69) is 30.6 Å². The number of hydrogen-bond acceptors (Lipinski definition) is 7. The lowest BCUT2D eigenvalue weighted by molar-refractivity contribution is 0.0946. The third kappa shape index (κ3) is 4.42. The summed E-state index contributed by atoms with van der Waals surface area (Å²) in [4.78, 5) is 27.0. The highest BCUT2D eigenvalue weighted by Gasteiger charge is 2.22. The van der Waals surface area contributed by atoms with Gasteiger partial charge >= 0.3 is 0 Å². The predicted octanol–water partition coefficient (Wildman–Crippen LogP) is 3.60. The molecule has 0 atom stereocenters. The zero-order valence-electron chi connectivity index (χ0n) is 20.5. The van der Waals surface area contributed by atoms with E-state index in [0.29, 0.717) is 23.6 Å². The summed E-state index contributed by atoms with van der Waals surface area (Å²) in [7, 11) is 1.83. The lowest BCUT2D eigenvalue weighted by Gasteiger charge is -2.12. The SMILES string of the molecule is Cn1ccc(-c2nc(N)c(C(=O)NCc3n[nH]c4c3CCCCC4)nc2-c2ccc3ncccc3c2)n1. The molecular formula is C27H27N9O. The van der Waals surface area contributed by atoms with Gasteiger partial charge in [0.15, 0.2) is 11.5 Å². The fourth-order valence-electron chi connectivity index (χ4n) is 4.88. The molecule has 0 bridgehead atoms. The van der Waals surface area contributed by atoms with E-state index in [1.807, 2.05) is 49.6 Å². The summed E-state index contributed by atoms with van der Waals surface area (Å²) < 4.78 is 1.69. The van der Waals surface area contributed by atoms with E-state index in [-0.39, 0.29) is 11.5 Å². The van der Waals surface area contributed by atoms with Crippen molar-refractivity contribution in [2.45, 2.75) is 38.6 Å². The van der Waals surface area contributed by atoms with Gasteiger partial charge in [0.1, 0.15) is 11.4 Å². The van der Waals surface area contributed by atoms with Crippen LogP contribution in [-0.2, 0) is 26.4 Å². The lowest BCUT2D eigenvalue weighted by atomic mass is 10.0. The van der Waals surface area contributed by atoms with E-state index in [1.54, 1.807) is 10.9 Å². The number of H-pyrrole nitrogens is 1. The average molecular weight is 494 g/mol. The number of nitrogens with zero attached hydrogens (tertiary/aromatic N) is 6. The van der Waals surface area contributed by atoms with Gasteiger partial charge in [-0.2, -0.15) is 10.2 Å². The molecule has 1 aliphatic carbocycles. The number of carbonyl (C=O) groups is 1. The molecule has 10 heteroatoms. The third-order valence-electron chi connectivity index (χ3n) is 6.78. The van der Waals surface area contributed by atoms with Crippen molar-refractivity contribution in [1.29, 1.82) is 0 Å². The van der Waals surface area contributed by atoms with Gasteiger partial charge in [-0.25, -0.2) is 9.97 Å². The van der Waals surface area contributed by atoms with E-state index in [4.69, 9.17) is 10.7 Å². The number of aryl methyl sites for hydroxylation is 2. The van der Waals surface area contributed by atoms with Crippen molar-refractivity contribution < 1.29 is 4.79 Å². The molecule has 0 fully saturated rings. The molecule has 10 nitrogen and oxygen atoms in total. The monoisotopic (exact) mass is 493 g/mol. The van der Waals surface area contributed by atoms with Crippen molar-refractivity contribution in [2.24, 2.45) is 7.05 Å². The van der Waals surface area contributed by atoms with Gasteiger partial charge in [0.25, 0.3) is 5.91 Å². The van der Waals surface area contributed by atoms with Crippen LogP contribution < -0.4 is 11.1 Å². The van der Waals surface area contributed by atoms with E-state index < -0.39 is 5.91 Å². The molecule has 1 aromatic carbocycles. The number of nitrogen functional groups attached to an aromatic ring is 1. The van der Waals surface area contributed by atoms with Gasteiger partial charge in [-0.15, -0.1) is 0 Å². The number of fused-ring (bicyclic) bond motifs is 2. The maximum atomic E-state index is 13.3. The van der Waals surface area contributed by atoms with Gasteiger partial charge in [0.2, 0.25) is 0 Å². The molecule has 1 amide bonds. The smallest absolute Gasteiger partial charge is 0.274 e. The summed E-state index contributed by atoms with van der Waals surface area (Å²) in [5, 5.41) is 16.0. The molecule has 0 unspecified atom stereocenters. The Morgan fingerprint density at radius 2 is 2.00 bits per heavy atom. The van der Waals surface area contributed by atoms with Gasteiger partial charge in [0.05, 0.1) is 23.4 Å². The fourth-order valence-corrected chi connectivity index (χ4v) is 4.88. The molecule has 0 radical (unpaired) electrons. The summed E-state index contributed by atoms with van der Waals surface area (Å²) in [5.74, 6) is -0.350. The van der Waals surface area contributed by atoms with E-state index in [1.165, 1.54) is 17.7 Å². The molecule has 0 spiro atoms. The van der Waals surface area contributed by atoms with E-state index >= 15 is 0 Å². The molecule has 4 aromatic heterocycles. The predicted molar refractivity (Wildman–Crippen MR) is 140 cm³/mol. The Labute approximate surface area is 213 Å². The number of pyridine rings is 1. The molecule has 0 aliphatic heterocycles. The van der Waals surface area contributed by atoms with Crippen LogP contribution in [0.25, 0.3) is 33.5 Å². The number of amides is 1. The molecule has 0 saturated heterocycles. The molecule has 1 aliphatic rings. The van der Waals surface area contributed by atoms with E-state index in [9.17, 15) is 4.79 Å². The Bertz CT molecular complexity index is 1620. The van der Waals surface area contributed by atoms with Crippen LogP contribution in [0.15, 0.2) is 48.8 Å². The van der Waals surface area contributed by atoms with Crippen LogP contribution in [0.3, 0.4) is 0 Å². The highest BCUT2D eigenvalue weighted by atomic mass is 16.1. The molecule has 0 saturated carbocycles. The normalized spacial score (nSPS) is 13.3. The number of anilines is 1. The Morgan fingerprint density at radius 3 is 2.86 bits per heavy atom. The van der Waals surface area contributed by atoms with Crippen molar-refractivity contribution in [1.82, 2.24) is 40.2 Å². The lowest BCUT2D eigenvalue weighted by Crippen LogP contribution is -2.26. The maximum absolute atomic E-state index is 13.3. The first-order valence-corrected chi connectivity index (χ1v) is 12.4. The summed E-state index contributed by atoms with van der Waals surface area (Å²) in [6.45, 7) is 0.296. The van der Waals surface area contributed by atoms with Crippen LogP contribution in [0.2, 0.25) is 0 Å². The number of aromatic amines is 1. The highest BCUT2D eigenvalue weighted by molar-refractivity contribution is 5.98. The highest BCUT2D eigenvalue weighted by Crippen LogP contribution is 2.31. The third-order valence-corrected chi connectivity index (χ3v) is 6.78. The van der Waals surface area contributed by atoms with Crippen LogP contribution in [0.5, 0.6) is 0 Å². The van der Waals surface area contributed by atoms with Gasteiger partial charge in [-0.05, 0) is 55.5 Å². The molecule has 4 heterocycles. The van der Waals surface area contributed by atoms with Crippen LogP contribution in [0.1, 0.15) is 46.7 Å². The Kier molecular flexibility index (Phi) is 5.84. The fraction of sp³-hybridized carbons (Fsp3) is 0.259. The number of carbonyl (C=O) groups excluding carboxylic acids is 1.